The molecule has 130 valence electrons. The lowest BCUT2D eigenvalue weighted by molar-refractivity contribution is -0.128. The lowest BCUT2D eigenvalue weighted by Crippen LogP contribution is -2.47. The first-order chi connectivity index (χ1) is 11.9. The van der Waals surface area contributed by atoms with Crippen LogP contribution in [0.15, 0.2) is 18.3 Å². The van der Waals surface area contributed by atoms with E-state index in [1.165, 1.54) is 0 Å². The monoisotopic (exact) mass is 355 g/mol. The van der Waals surface area contributed by atoms with Crippen molar-refractivity contribution in [3.8, 4) is 11.4 Å². The maximum absolute atomic E-state index is 12.2. The smallest absolute Gasteiger partial charge is 0.161 e. The number of Topliss-reactive ketones (excluding diaryl/α,β-unsaturated/α-hetero) is 1. The van der Waals surface area contributed by atoms with E-state index in [1.807, 2.05) is 19.1 Å². The van der Waals surface area contributed by atoms with Crippen LogP contribution in [-0.4, -0.2) is 20.7 Å². The number of aromatic nitrogens is 3. The third-order valence-corrected chi connectivity index (χ3v) is 6.49. The van der Waals surface area contributed by atoms with Gasteiger partial charge in [-0.15, -0.1) is 0 Å². The molecule has 4 rings (SSSR count). The number of aryl methyl sites for hydroxylation is 1. The van der Waals surface area contributed by atoms with Gasteiger partial charge in [-0.05, 0) is 44.2 Å². The molecular weight excluding hydrogens is 334 g/mol. The average Bonchev–Trinajstić information content (AvgIpc) is 2.59. The number of ketones is 1. The molecule has 2 aromatic heterocycles. The van der Waals surface area contributed by atoms with Crippen LogP contribution in [0, 0.1) is 18.8 Å². The van der Waals surface area contributed by atoms with E-state index in [2.05, 4.69) is 23.8 Å². The predicted octanol–water partition coefficient (Wildman–Crippen LogP) is 4.32. The second-order valence-corrected chi connectivity index (χ2v) is 8.03. The van der Waals surface area contributed by atoms with E-state index in [4.69, 9.17) is 16.6 Å². The molecule has 3 atom stereocenters. The Kier molecular flexibility index (Phi) is 3.91. The normalized spacial score (nSPS) is 28.4. The summed E-state index contributed by atoms with van der Waals surface area (Å²) in [5.74, 6) is 1.46. The summed E-state index contributed by atoms with van der Waals surface area (Å²) in [5.41, 5.74) is 3.87. The molecule has 0 saturated heterocycles. The van der Waals surface area contributed by atoms with Gasteiger partial charge in [0.15, 0.2) is 5.82 Å². The topological polar surface area (TPSA) is 55.7 Å². The molecule has 0 aliphatic heterocycles. The van der Waals surface area contributed by atoms with Gasteiger partial charge in [0, 0.05) is 40.8 Å². The van der Waals surface area contributed by atoms with Crippen LogP contribution in [0.5, 0.6) is 0 Å². The summed E-state index contributed by atoms with van der Waals surface area (Å²) in [4.78, 5) is 26.0. The fraction of sp³-hybridized carbons (Fsp3) is 0.500. The summed E-state index contributed by atoms with van der Waals surface area (Å²) >= 11 is 6.56. The van der Waals surface area contributed by atoms with Crippen LogP contribution in [-0.2, 0) is 16.6 Å². The second-order valence-electron chi connectivity index (χ2n) is 7.67. The summed E-state index contributed by atoms with van der Waals surface area (Å²) in [6, 6.07) is 3.90. The first-order valence-electron chi connectivity index (χ1n) is 8.93. The van der Waals surface area contributed by atoms with Crippen LogP contribution < -0.4 is 0 Å². The van der Waals surface area contributed by atoms with Crippen LogP contribution in [0.25, 0.3) is 11.4 Å². The van der Waals surface area contributed by atoms with Crippen LogP contribution in [0.1, 0.15) is 50.1 Å². The quantitative estimate of drug-likeness (QED) is 0.715. The van der Waals surface area contributed by atoms with Gasteiger partial charge in [0.1, 0.15) is 10.9 Å². The van der Waals surface area contributed by atoms with E-state index in [1.54, 1.807) is 6.20 Å². The van der Waals surface area contributed by atoms with Gasteiger partial charge in [-0.2, -0.15) is 0 Å². The Labute approximate surface area is 153 Å². The van der Waals surface area contributed by atoms with Crippen LogP contribution >= 0.6 is 11.6 Å². The van der Waals surface area contributed by atoms with Crippen molar-refractivity contribution >= 4 is 17.4 Å². The highest BCUT2D eigenvalue weighted by Crippen LogP contribution is 2.51. The van der Waals surface area contributed by atoms with Crippen molar-refractivity contribution in [1.29, 1.82) is 0 Å². The van der Waals surface area contributed by atoms with Crippen molar-refractivity contribution in [2.75, 3.05) is 0 Å². The second kappa shape index (κ2) is 5.87. The minimum absolute atomic E-state index is 0.0901. The average molecular weight is 356 g/mol. The SMILES string of the molecule is Cc1cc(-c2nc(Cl)c3c(n2)[C@]2(C)CCC(=O)[C@H](C)[C@H]2CC3)ccn1. The first kappa shape index (κ1) is 16.6. The molecule has 0 bridgehead atoms. The maximum atomic E-state index is 12.2. The van der Waals surface area contributed by atoms with E-state index < -0.39 is 0 Å². The van der Waals surface area contributed by atoms with Gasteiger partial charge in [0.05, 0.1) is 5.69 Å². The number of fused-ring (bicyclic) bond motifs is 3. The molecule has 0 unspecified atom stereocenters. The highest BCUT2D eigenvalue weighted by molar-refractivity contribution is 6.30. The number of carbonyl (C=O) groups excluding carboxylic acids is 1. The van der Waals surface area contributed by atoms with Gasteiger partial charge < -0.3 is 0 Å². The summed E-state index contributed by atoms with van der Waals surface area (Å²) in [6.07, 6.45) is 5.07. The number of hydrogen-bond acceptors (Lipinski definition) is 4. The van der Waals surface area contributed by atoms with Crippen LogP contribution in [0.4, 0.5) is 0 Å². The number of pyridine rings is 1. The zero-order chi connectivity index (χ0) is 17.8. The molecule has 0 spiro atoms. The number of nitrogens with zero attached hydrogens (tertiary/aromatic N) is 3. The van der Waals surface area contributed by atoms with E-state index in [0.29, 0.717) is 29.1 Å². The first-order valence-corrected chi connectivity index (χ1v) is 9.30. The molecule has 5 heteroatoms. The maximum Gasteiger partial charge on any atom is 0.161 e. The molecule has 25 heavy (non-hydrogen) atoms. The van der Waals surface area contributed by atoms with Crippen LogP contribution in [0.3, 0.4) is 0 Å². The third-order valence-electron chi connectivity index (χ3n) is 6.18. The van der Waals surface area contributed by atoms with Gasteiger partial charge >= 0.3 is 0 Å². The molecule has 0 radical (unpaired) electrons. The van der Waals surface area contributed by atoms with Crippen molar-refractivity contribution in [2.45, 2.75) is 51.9 Å². The number of hydrogen-bond donors (Lipinski definition) is 0. The number of rotatable bonds is 1. The molecule has 0 N–H and O–H groups in total. The lowest BCUT2D eigenvalue weighted by Gasteiger charge is -2.47. The zero-order valence-corrected chi connectivity index (χ0v) is 15.6. The largest absolute Gasteiger partial charge is 0.299 e. The van der Waals surface area contributed by atoms with Crippen molar-refractivity contribution in [3.05, 3.63) is 40.4 Å². The number of carbonyl (C=O) groups is 1. The van der Waals surface area contributed by atoms with Gasteiger partial charge in [0.25, 0.3) is 0 Å². The minimum atomic E-state index is -0.107. The van der Waals surface area contributed by atoms with Gasteiger partial charge in [-0.3, -0.25) is 9.78 Å². The molecule has 2 aliphatic carbocycles. The Hall–Kier alpha value is -1.81. The number of halogens is 1. The highest BCUT2D eigenvalue weighted by Gasteiger charge is 2.49. The Balaban J connectivity index is 1.87. The molecule has 4 nitrogen and oxygen atoms in total. The van der Waals surface area contributed by atoms with Crippen molar-refractivity contribution < 1.29 is 4.79 Å². The molecule has 2 aliphatic rings. The molecule has 0 amide bonds. The van der Waals surface area contributed by atoms with Gasteiger partial charge in [0.2, 0.25) is 0 Å². The summed E-state index contributed by atoms with van der Waals surface area (Å²) in [7, 11) is 0. The zero-order valence-electron chi connectivity index (χ0n) is 14.8. The van der Waals surface area contributed by atoms with E-state index in [-0.39, 0.29) is 11.3 Å². The van der Waals surface area contributed by atoms with E-state index in [0.717, 1.165) is 41.8 Å². The fourth-order valence-corrected chi connectivity index (χ4v) is 4.96. The molecule has 0 aromatic carbocycles. The molecular formula is C20H22ClN3O. The Morgan fingerprint density at radius 2 is 2.08 bits per heavy atom. The Bertz CT molecular complexity index is 866. The van der Waals surface area contributed by atoms with Crippen molar-refractivity contribution in [1.82, 2.24) is 15.0 Å². The lowest BCUT2D eigenvalue weighted by atomic mass is 9.56. The summed E-state index contributed by atoms with van der Waals surface area (Å²) in [5, 5.41) is 0.554. The van der Waals surface area contributed by atoms with Crippen molar-refractivity contribution in [3.63, 3.8) is 0 Å². The molecule has 1 fully saturated rings. The summed E-state index contributed by atoms with van der Waals surface area (Å²) < 4.78 is 0. The van der Waals surface area contributed by atoms with Crippen LogP contribution in [0.2, 0.25) is 5.15 Å². The van der Waals surface area contributed by atoms with E-state index in [9.17, 15) is 4.79 Å². The van der Waals surface area contributed by atoms with E-state index >= 15 is 0 Å². The molecule has 2 heterocycles. The minimum Gasteiger partial charge on any atom is -0.299 e. The molecule has 2 aromatic rings. The molecule has 1 saturated carbocycles. The predicted molar refractivity (Wildman–Crippen MR) is 97.6 cm³/mol. The van der Waals surface area contributed by atoms with Gasteiger partial charge in [-0.25, -0.2) is 9.97 Å². The fourth-order valence-electron chi connectivity index (χ4n) is 4.70. The Morgan fingerprint density at radius 3 is 2.84 bits per heavy atom. The Morgan fingerprint density at radius 1 is 1.28 bits per heavy atom. The third kappa shape index (κ3) is 2.58. The summed E-state index contributed by atoms with van der Waals surface area (Å²) in [6.45, 7) is 6.28. The van der Waals surface area contributed by atoms with Gasteiger partial charge in [-0.1, -0.05) is 25.4 Å². The highest BCUT2D eigenvalue weighted by atomic mass is 35.5. The van der Waals surface area contributed by atoms with Crippen molar-refractivity contribution in [2.24, 2.45) is 11.8 Å². The standard InChI is InChI=1S/C20H22ClN3O/c1-11-10-13(7-9-22-11)19-23-17-14(18(21)24-19)4-5-15-12(2)16(25)6-8-20(15,17)3/h7,9-10,12,15H,4-6,8H2,1-3H3/t12-,15-,20-/m1/s1.